The minimum Gasteiger partial charge on any atom is -0.481 e. The van der Waals surface area contributed by atoms with Crippen LogP contribution in [0, 0.1) is 25.7 Å². The van der Waals surface area contributed by atoms with Crippen molar-refractivity contribution in [1.29, 1.82) is 0 Å². The number of carboxylic acid groups (broad SMARTS) is 1. The Labute approximate surface area is 133 Å². The number of carboxylic acids is 1. The predicted molar refractivity (Wildman–Crippen MR) is 83.3 cm³/mol. The van der Waals surface area contributed by atoms with E-state index in [1.165, 1.54) is 0 Å². The maximum absolute atomic E-state index is 12.1. The summed E-state index contributed by atoms with van der Waals surface area (Å²) in [5, 5.41) is 16.1. The highest BCUT2D eigenvalue weighted by atomic mass is 16.4. The quantitative estimate of drug-likeness (QED) is 0.898. The van der Waals surface area contributed by atoms with Gasteiger partial charge in [0.15, 0.2) is 5.82 Å². The summed E-state index contributed by atoms with van der Waals surface area (Å²) in [4.78, 5) is 27.4. The number of aromatic nitrogens is 3. The third kappa shape index (κ3) is 2.94. The van der Waals surface area contributed by atoms with Crippen LogP contribution in [0.4, 0.5) is 5.69 Å². The number of anilines is 1. The Morgan fingerprint density at radius 2 is 2.00 bits per heavy atom. The van der Waals surface area contributed by atoms with Gasteiger partial charge in [-0.05, 0) is 44.9 Å². The van der Waals surface area contributed by atoms with Crippen LogP contribution in [0.5, 0.6) is 0 Å². The molecule has 2 atom stereocenters. The molecule has 1 amide bonds. The van der Waals surface area contributed by atoms with Crippen molar-refractivity contribution in [1.82, 2.24) is 14.8 Å². The van der Waals surface area contributed by atoms with E-state index in [0.29, 0.717) is 24.3 Å². The van der Waals surface area contributed by atoms with Gasteiger partial charge in [-0.25, -0.2) is 9.67 Å². The van der Waals surface area contributed by atoms with Crippen LogP contribution in [-0.4, -0.2) is 31.7 Å². The molecule has 2 heterocycles. The lowest BCUT2D eigenvalue weighted by Crippen LogP contribution is -2.41. The summed E-state index contributed by atoms with van der Waals surface area (Å²) in [6.45, 7) is 3.86. The topological polar surface area (TPSA) is 97.1 Å². The third-order valence-corrected chi connectivity index (χ3v) is 4.17. The van der Waals surface area contributed by atoms with Crippen molar-refractivity contribution in [3.8, 4) is 5.82 Å². The number of carbonyl (C=O) groups is 2. The van der Waals surface area contributed by atoms with Crippen molar-refractivity contribution in [2.24, 2.45) is 11.8 Å². The van der Waals surface area contributed by atoms with Gasteiger partial charge in [-0.2, -0.15) is 5.10 Å². The predicted octanol–water partition coefficient (Wildman–Crippen LogP) is 1.93. The minimum absolute atomic E-state index is 0.260. The largest absolute Gasteiger partial charge is 0.481 e. The van der Waals surface area contributed by atoms with Crippen LogP contribution in [0.25, 0.3) is 5.82 Å². The smallest absolute Gasteiger partial charge is 0.307 e. The third-order valence-electron chi connectivity index (χ3n) is 4.17. The zero-order valence-corrected chi connectivity index (χ0v) is 13.0. The second kappa shape index (κ2) is 5.83. The molecule has 1 aliphatic carbocycles. The van der Waals surface area contributed by atoms with Gasteiger partial charge in [0.2, 0.25) is 5.91 Å². The van der Waals surface area contributed by atoms with Gasteiger partial charge in [-0.15, -0.1) is 0 Å². The summed E-state index contributed by atoms with van der Waals surface area (Å²) >= 11 is 0. The maximum Gasteiger partial charge on any atom is 0.307 e. The zero-order chi connectivity index (χ0) is 16.6. The zero-order valence-electron chi connectivity index (χ0n) is 13.0. The number of amides is 1. The van der Waals surface area contributed by atoms with Gasteiger partial charge < -0.3 is 10.4 Å². The van der Waals surface area contributed by atoms with E-state index in [1.54, 1.807) is 23.0 Å². The SMILES string of the molecule is Cc1cc(C)n(-c2ccc(NC(=O)C3CCC3C(=O)O)cn2)n1. The lowest BCUT2D eigenvalue weighted by molar-refractivity contribution is -0.151. The van der Waals surface area contributed by atoms with Crippen molar-refractivity contribution in [3.05, 3.63) is 35.8 Å². The Hall–Kier alpha value is -2.70. The number of nitrogens with one attached hydrogen (secondary N) is 1. The molecular weight excluding hydrogens is 296 g/mol. The number of pyridine rings is 1. The second-order valence-corrected chi connectivity index (χ2v) is 5.86. The summed E-state index contributed by atoms with van der Waals surface area (Å²) in [7, 11) is 0. The highest BCUT2D eigenvalue weighted by molar-refractivity contribution is 5.95. The molecule has 23 heavy (non-hydrogen) atoms. The Morgan fingerprint density at radius 1 is 1.26 bits per heavy atom. The summed E-state index contributed by atoms with van der Waals surface area (Å²) in [5.74, 6) is -1.53. The van der Waals surface area contributed by atoms with Gasteiger partial charge in [0.1, 0.15) is 0 Å². The Kier molecular flexibility index (Phi) is 3.85. The molecule has 7 heteroatoms. The van der Waals surface area contributed by atoms with Gasteiger partial charge >= 0.3 is 5.97 Å². The van der Waals surface area contributed by atoms with Crippen LogP contribution in [0.2, 0.25) is 0 Å². The molecule has 0 saturated heterocycles. The molecule has 2 aromatic heterocycles. The molecule has 0 radical (unpaired) electrons. The molecule has 1 fully saturated rings. The van der Waals surface area contributed by atoms with Crippen LogP contribution in [0.3, 0.4) is 0 Å². The summed E-state index contributed by atoms with van der Waals surface area (Å²) in [5.41, 5.74) is 2.44. The lowest BCUT2D eigenvalue weighted by Gasteiger charge is -2.31. The molecular formula is C16H18N4O3. The van der Waals surface area contributed by atoms with E-state index in [9.17, 15) is 9.59 Å². The van der Waals surface area contributed by atoms with Gasteiger partial charge in [0, 0.05) is 5.69 Å². The summed E-state index contributed by atoms with van der Waals surface area (Å²) < 4.78 is 1.73. The Morgan fingerprint density at radius 3 is 2.48 bits per heavy atom. The van der Waals surface area contributed by atoms with Crippen molar-refractivity contribution >= 4 is 17.6 Å². The summed E-state index contributed by atoms with van der Waals surface area (Å²) in [6.07, 6.45) is 2.72. The van der Waals surface area contributed by atoms with Gasteiger partial charge in [-0.3, -0.25) is 9.59 Å². The molecule has 0 aliphatic heterocycles. The van der Waals surface area contributed by atoms with Crippen molar-refractivity contribution in [2.45, 2.75) is 26.7 Å². The van der Waals surface area contributed by atoms with Crippen LogP contribution >= 0.6 is 0 Å². The first kappa shape index (κ1) is 15.2. The fraction of sp³-hybridized carbons (Fsp3) is 0.375. The maximum atomic E-state index is 12.1. The molecule has 0 spiro atoms. The average molecular weight is 314 g/mol. The first-order valence-corrected chi connectivity index (χ1v) is 7.49. The second-order valence-electron chi connectivity index (χ2n) is 5.86. The van der Waals surface area contributed by atoms with Gasteiger partial charge in [0.05, 0.1) is 29.4 Å². The van der Waals surface area contributed by atoms with E-state index in [0.717, 1.165) is 11.4 Å². The molecule has 1 saturated carbocycles. The first-order valence-electron chi connectivity index (χ1n) is 7.49. The number of nitrogens with zero attached hydrogens (tertiary/aromatic N) is 3. The Bertz CT molecular complexity index is 751. The molecule has 120 valence electrons. The number of aliphatic carboxylic acids is 1. The van der Waals surface area contributed by atoms with Crippen LogP contribution in [0.15, 0.2) is 24.4 Å². The molecule has 2 unspecified atom stereocenters. The fourth-order valence-corrected chi connectivity index (χ4v) is 2.79. The highest BCUT2D eigenvalue weighted by Gasteiger charge is 2.41. The number of aryl methyl sites for hydroxylation is 2. The lowest BCUT2D eigenvalue weighted by atomic mass is 9.73. The van der Waals surface area contributed by atoms with E-state index in [2.05, 4.69) is 15.4 Å². The number of rotatable bonds is 4. The number of hydrogen-bond acceptors (Lipinski definition) is 4. The van der Waals surface area contributed by atoms with Crippen molar-refractivity contribution in [2.75, 3.05) is 5.32 Å². The van der Waals surface area contributed by atoms with E-state index in [4.69, 9.17) is 5.11 Å². The Balaban J connectivity index is 1.69. The van der Waals surface area contributed by atoms with Gasteiger partial charge in [0.25, 0.3) is 0 Å². The van der Waals surface area contributed by atoms with Gasteiger partial charge in [-0.1, -0.05) is 0 Å². The summed E-state index contributed by atoms with van der Waals surface area (Å²) in [6, 6.07) is 5.47. The van der Waals surface area contributed by atoms with Crippen molar-refractivity contribution in [3.63, 3.8) is 0 Å². The molecule has 0 aromatic carbocycles. The first-order chi connectivity index (χ1) is 11.0. The molecule has 2 N–H and O–H groups in total. The normalized spacial score (nSPS) is 19.9. The number of hydrogen-bond donors (Lipinski definition) is 2. The standard InChI is InChI=1S/C16H18N4O3/c1-9-7-10(2)20(19-9)14-6-3-11(8-17-14)18-15(21)12-4-5-13(12)16(22)23/h3,6-8,12-13H,4-5H2,1-2H3,(H,18,21)(H,22,23). The number of carbonyl (C=O) groups excluding carboxylic acids is 1. The van der Waals surface area contributed by atoms with Crippen LogP contribution in [0.1, 0.15) is 24.2 Å². The molecule has 2 aromatic rings. The van der Waals surface area contributed by atoms with Crippen LogP contribution in [-0.2, 0) is 9.59 Å². The monoisotopic (exact) mass is 314 g/mol. The van der Waals surface area contributed by atoms with Crippen molar-refractivity contribution < 1.29 is 14.7 Å². The molecule has 0 bridgehead atoms. The molecule has 1 aliphatic rings. The van der Waals surface area contributed by atoms with E-state index < -0.39 is 17.8 Å². The van der Waals surface area contributed by atoms with Crippen LogP contribution < -0.4 is 5.32 Å². The molecule has 3 rings (SSSR count). The van der Waals surface area contributed by atoms with E-state index >= 15 is 0 Å². The fourth-order valence-electron chi connectivity index (χ4n) is 2.79. The van der Waals surface area contributed by atoms with E-state index in [1.807, 2.05) is 19.9 Å². The molecule has 7 nitrogen and oxygen atoms in total. The minimum atomic E-state index is -0.908. The average Bonchev–Trinajstić information content (AvgIpc) is 2.76. The van der Waals surface area contributed by atoms with E-state index in [-0.39, 0.29) is 5.91 Å². The highest BCUT2D eigenvalue weighted by Crippen LogP contribution is 2.35.